The fraction of sp³-hybridized carbons (Fsp3) is 0.308. The smallest absolute Gasteiger partial charge is 0.336 e. The number of rotatable bonds is 9. The molecule has 1 unspecified atom stereocenters. The van der Waals surface area contributed by atoms with E-state index in [1.54, 1.807) is 13.8 Å². The van der Waals surface area contributed by atoms with Crippen LogP contribution in [0.5, 0.6) is 0 Å². The first-order chi connectivity index (χ1) is 17.1. The van der Waals surface area contributed by atoms with Gasteiger partial charge in [0.15, 0.2) is 0 Å². The van der Waals surface area contributed by atoms with Gasteiger partial charge in [-0.25, -0.2) is 9.59 Å². The van der Waals surface area contributed by atoms with Gasteiger partial charge in [-0.2, -0.15) is 0 Å². The number of likely N-dealkylation sites (N-methyl/N-ethyl adjacent to an activating group) is 1. The summed E-state index contributed by atoms with van der Waals surface area (Å²) in [5, 5.41) is 14.8. The van der Waals surface area contributed by atoms with Gasteiger partial charge in [0, 0.05) is 30.0 Å². The number of allylic oxidation sites excluding steroid dienone is 2. The summed E-state index contributed by atoms with van der Waals surface area (Å²) in [5.41, 5.74) is 1.82. The quantitative estimate of drug-likeness (QED) is 0.299. The number of nitro benzene ring substituents is 1. The van der Waals surface area contributed by atoms with Gasteiger partial charge in [0.05, 0.1) is 29.1 Å². The Morgan fingerprint density at radius 3 is 2.31 bits per heavy atom. The van der Waals surface area contributed by atoms with Crippen LogP contribution < -0.4 is 5.32 Å². The standard InChI is InChI=1S/C26H28ClN3O6/c1-16-21(25(31)35-4)23(19-11-8-12-20(27)24(19)30(33)34)22(17(2)28-16)26(32)36-14-13-29(3)15-18-9-6-5-7-10-18/h5-12,23,28H,13-15H2,1-4H3. The molecular formula is C26H28ClN3O6. The predicted molar refractivity (Wildman–Crippen MR) is 135 cm³/mol. The van der Waals surface area contributed by atoms with Gasteiger partial charge in [0.2, 0.25) is 0 Å². The summed E-state index contributed by atoms with van der Waals surface area (Å²) in [6.07, 6.45) is 0. The molecule has 1 aliphatic heterocycles. The molecule has 0 spiro atoms. The first-order valence-electron chi connectivity index (χ1n) is 11.2. The summed E-state index contributed by atoms with van der Waals surface area (Å²) < 4.78 is 10.5. The van der Waals surface area contributed by atoms with Crippen LogP contribution in [-0.4, -0.2) is 49.1 Å². The highest BCUT2D eigenvalue weighted by atomic mass is 35.5. The molecule has 0 bridgehead atoms. The number of hydrogen-bond donors (Lipinski definition) is 1. The number of benzene rings is 2. The Balaban J connectivity index is 1.91. The largest absolute Gasteiger partial charge is 0.466 e. The highest BCUT2D eigenvalue weighted by Crippen LogP contribution is 2.44. The molecule has 0 fully saturated rings. The van der Waals surface area contributed by atoms with E-state index in [0.29, 0.717) is 24.5 Å². The van der Waals surface area contributed by atoms with Crippen LogP contribution in [0.3, 0.4) is 0 Å². The molecule has 1 heterocycles. The Labute approximate surface area is 214 Å². The van der Waals surface area contributed by atoms with Crippen molar-refractivity contribution in [1.82, 2.24) is 10.2 Å². The number of ether oxygens (including phenoxy) is 2. The molecule has 9 nitrogen and oxygen atoms in total. The zero-order valence-corrected chi connectivity index (χ0v) is 21.3. The van der Waals surface area contributed by atoms with E-state index >= 15 is 0 Å². The molecular weight excluding hydrogens is 486 g/mol. The number of esters is 2. The topological polar surface area (TPSA) is 111 Å². The van der Waals surface area contributed by atoms with Crippen LogP contribution in [0, 0.1) is 10.1 Å². The average Bonchev–Trinajstić information content (AvgIpc) is 2.83. The van der Waals surface area contributed by atoms with E-state index in [1.807, 2.05) is 42.3 Å². The third-order valence-electron chi connectivity index (χ3n) is 5.90. The number of carbonyl (C=O) groups is 2. The lowest BCUT2D eigenvalue weighted by Crippen LogP contribution is -2.33. The van der Waals surface area contributed by atoms with Gasteiger partial charge in [-0.3, -0.25) is 15.0 Å². The van der Waals surface area contributed by atoms with E-state index in [-0.39, 0.29) is 34.0 Å². The van der Waals surface area contributed by atoms with E-state index < -0.39 is 22.8 Å². The van der Waals surface area contributed by atoms with Crippen molar-refractivity contribution in [2.75, 3.05) is 27.3 Å². The Hall–Kier alpha value is -3.69. The van der Waals surface area contributed by atoms with Gasteiger partial charge in [0.25, 0.3) is 5.69 Å². The molecule has 2 aromatic carbocycles. The fourth-order valence-electron chi connectivity index (χ4n) is 4.26. The molecule has 0 aromatic heterocycles. The second-order valence-electron chi connectivity index (χ2n) is 8.42. The molecule has 0 saturated carbocycles. The van der Waals surface area contributed by atoms with E-state index in [2.05, 4.69) is 5.32 Å². The van der Waals surface area contributed by atoms with Crippen molar-refractivity contribution in [3.63, 3.8) is 0 Å². The van der Waals surface area contributed by atoms with Gasteiger partial charge >= 0.3 is 11.9 Å². The number of methoxy groups -OCH3 is 1. The molecule has 10 heteroatoms. The number of carbonyl (C=O) groups excluding carboxylic acids is 2. The SMILES string of the molecule is COC(=O)C1=C(C)NC(C)=C(C(=O)OCCN(C)Cc2ccccc2)C1c1cccc(Cl)c1[N+](=O)[O-]. The van der Waals surface area contributed by atoms with Crippen molar-refractivity contribution in [3.8, 4) is 0 Å². The lowest BCUT2D eigenvalue weighted by Gasteiger charge is -2.30. The van der Waals surface area contributed by atoms with Crippen LogP contribution in [0.2, 0.25) is 5.02 Å². The zero-order chi connectivity index (χ0) is 26.4. The second kappa shape index (κ2) is 11.8. The third-order valence-corrected chi connectivity index (χ3v) is 6.20. The van der Waals surface area contributed by atoms with Crippen LogP contribution in [0.25, 0.3) is 0 Å². The van der Waals surface area contributed by atoms with Gasteiger partial charge in [0.1, 0.15) is 11.6 Å². The molecule has 0 aliphatic carbocycles. The first kappa shape index (κ1) is 26.9. The normalized spacial score (nSPS) is 15.6. The summed E-state index contributed by atoms with van der Waals surface area (Å²) in [7, 11) is 3.12. The number of nitrogens with zero attached hydrogens (tertiary/aromatic N) is 2. The van der Waals surface area contributed by atoms with Crippen molar-refractivity contribution in [2.45, 2.75) is 26.3 Å². The molecule has 36 heavy (non-hydrogen) atoms. The maximum atomic E-state index is 13.3. The molecule has 0 radical (unpaired) electrons. The van der Waals surface area contributed by atoms with Gasteiger partial charge in [-0.05, 0) is 32.5 Å². The lowest BCUT2D eigenvalue weighted by atomic mass is 9.79. The number of halogens is 1. The third kappa shape index (κ3) is 5.92. The summed E-state index contributed by atoms with van der Waals surface area (Å²) in [6.45, 7) is 4.51. The molecule has 1 aliphatic rings. The minimum Gasteiger partial charge on any atom is -0.466 e. The summed E-state index contributed by atoms with van der Waals surface area (Å²) >= 11 is 6.16. The first-order valence-corrected chi connectivity index (χ1v) is 11.6. The van der Waals surface area contributed by atoms with Crippen molar-refractivity contribution in [2.24, 2.45) is 0 Å². The van der Waals surface area contributed by atoms with E-state index in [9.17, 15) is 19.7 Å². The number of nitro groups is 1. The number of dihydropyridines is 1. The number of para-hydroxylation sites is 1. The van der Waals surface area contributed by atoms with E-state index in [4.69, 9.17) is 21.1 Å². The molecule has 3 rings (SSSR count). The number of hydrogen-bond acceptors (Lipinski definition) is 8. The van der Waals surface area contributed by atoms with Gasteiger partial charge < -0.3 is 14.8 Å². The monoisotopic (exact) mass is 513 g/mol. The highest BCUT2D eigenvalue weighted by Gasteiger charge is 2.41. The van der Waals surface area contributed by atoms with Gasteiger partial charge in [-0.1, -0.05) is 54.1 Å². The number of nitrogens with one attached hydrogen (secondary N) is 1. The maximum absolute atomic E-state index is 13.3. The van der Waals surface area contributed by atoms with Crippen LogP contribution in [0.1, 0.15) is 30.9 Å². The van der Waals surface area contributed by atoms with Crippen LogP contribution in [0.15, 0.2) is 71.1 Å². The van der Waals surface area contributed by atoms with Crippen LogP contribution in [0.4, 0.5) is 5.69 Å². The van der Waals surface area contributed by atoms with Crippen LogP contribution in [-0.2, 0) is 25.6 Å². The Morgan fingerprint density at radius 1 is 1.06 bits per heavy atom. The Bertz CT molecular complexity index is 1230. The second-order valence-corrected chi connectivity index (χ2v) is 8.83. The van der Waals surface area contributed by atoms with Crippen molar-refractivity contribution in [1.29, 1.82) is 0 Å². The zero-order valence-electron chi connectivity index (χ0n) is 20.5. The molecule has 1 N–H and O–H groups in total. The summed E-state index contributed by atoms with van der Waals surface area (Å²) in [6, 6.07) is 14.3. The minimum absolute atomic E-state index is 0.0709. The molecule has 190 valence electrons. The summed E-state index contributed by atoms with van der Waals surface area (Å²) in [4.78, 5) is 39.4. The van der Waals surface area contributed by atoms with E-state index in [0.717, 1.165) is 5.56 Å². The highest BCUT2D eigenvalue weighted by molar-refractivity contribution is 6.32. The predicted octanol–water partition coefficient (Wildman–Crippen LogP) is 4.33. The molecule has 1 atom stereocenters. The van der Waals surface area contributed by atoms with Gasteiger partial charge in [-0.15, -0.1) is 0 Å². The minimum atomic E-state index is -1.10. The van der Waals surface area contributed by atoms with Crippen molar-refractivity contribution < 1.29 is 24.0 Å². The molecule has 2 aromatic rings. The summed E-state index contributed by atoms with van der Waals surface area (Å²) in [5.74, 6) is -2.52. The Kier molecular flexibility index (Phi) is 8.84. The van der Waals surface area contributed by atoms with Crippen LogP contribution >= 0.6 is 11.6 Å². The van der Waals surface area contributed by atoms with Crippen molar-refractivity contribution >= 4 is 29.2 Å². The molecule has 0 saturated heterocycles. The Morgan fingerprint density at radius 2 is 1.69 bits per heavy atom. The lowest BCUT2D eigenvalue weighted by molar-refractivity contribution is -0.385. The van der Waals surface area contributed by atoms with E-state index in [1.165, 1.54) is 25.3 Å². The average molecular weight is 514 g/mol. The fourth-order valence-corrected chi connectivity index (χ4v) is 4.51. The van der Waals surface area contributed by atoms with Crippen molar-refractivity contribution in [3.05, 3.63) is 97.3 Å². The maximum Gasteiger partial charge on any atom is 0.336 e. The molecule has 0 amide bonds.